The molecule has 1 amide bonds. The van der Waals surface area contributed by atoms with Crippen LogP contribution >= 0.6 is 0 Å². The fraction of sp³-hybridized carbons (Fsp3) is 0.667. The van der Waals surface area contributed by atoms with Crippen LogP contribution < -0.4 is 16.0 Å². The number of ether oxygens (including phenoxy) is 1. The first-order valence-electron chi connectivity index (χ1n) is 10.6. The largest absolute Gasteiger partial charge is 0.374 e. The molecule has 0 aromatic carbocycles. The van der Waals surface area contributed by atoms with Gasteiger partial charge in [0.15, 0.2) is 5.96 Å². The Bertz CT molecular complexity index is 664. The Morgan fingerprint density at radius 2 is 2.21 bits per heavy atom. The summed E-state index contributed by atoms with van der Waals surface area (Å²) in [7, 11) is 0. The Labute approximate surface area is 174 Å². The molecule has 8 heteroatoms. The Kier molecular flexibility index (Phi) is 9.87. The van der Waals surface area contributed by atoms with E-state index in [0.29, 0.717) is 37.2 Å². The maximum absolute atomic E-state index is 12.1. The van der Waals surface area contributed by atoms with Crippen molar-refractivity contribution in [3.8, 4) is 0 Å². The second-order valence-corrected chi connectivity index (χ2v) is 7.76. The monoisotopic (exact) mass is 404 g/mol. The van der Waals surface area contributed by atoms with E-state index < -0.39 is 0 Å². The molecule has 0 bridgehead atoms. The lowest BCUT2D eigenvalue weighted by Crippen LogP contribution is -2.46. The van der Waals surface area contributed by atoms with Crippen molar-refractivity contribution in [2.24, 2.45) is 10.9 Å². The van der Waals surface area contributed by atoms with Crippen LogP contribution in [0.2, 0.25) is 0 Å². The van der Waals surface area contributed by atoms with Gasteiger partial charge in [0.25, 0.3) is 0 Å². The minimum atomic E-state index is -0.0774. The van der Waals surface area contributed by atoms with Gasteiger partial charge in [-0.2, -0.15) is 0 Å². The second kappa shape index (κ2) is 12.4. The van der Waals surface area contributed by atoms with Gasteiger partial charge < -0.3 is 20.7 Å². The van der Waals surface area contributed by atoms with Crippen molar-refractivity contribution in [2.75, 3.05) is 51.2 Å². The molecule has 29 heavy (non-hydrogen) atoms. The molecule has 1 aliphatic rings. The number of aromatic nitrogens is 1. The van der Waals surface area contributed by atoms with Crippen LogP contribution in [0.25, 0.3) is 0 Å². The molecular formula is C21H36N6O2. The molecule has 1 aromatic heterocycles. The zero-order valence-corrected chi connectivity index (χ0v) is 18.2. The lowest BCUT2D eigenvalue weighted by atomic mass is 10.2. The number of guanidine groups is 1. The number of nitrogens with one attached hydrogen (secondary N) is 3. The van der Waals surface area contributed by atoms with Crippen LogP contribution in [-0.2, 0) is 9.53 Å². The number of nitrogens with zero attached hydrogens (tertiary/aromatic N) is 3. The summed E-state index contributed by atoms with van der Waals surface area (Å²) in [6.07, 6.45) is 0.441. The standard InChI is InChI=1S/C21H36N6O2/c1-5-22-21(24-13-18-15-27(11-12-29-18)14-16(2)3)23-10-9-20(28)26-19-8-6-7-17(4)25-19/h6-8,16,18H,5,9-15H2,1-4H3,(H2,22,23,24)(H,25,26,28). The number of aryl methyl sites for hydroxylation is 1. The maximum atomic E-state index is 12.1. The molecule has 2 rings (SSSR count). The number of aliphatic imine (C=N–C) groups is 1. The molecule has 1 aliphatic heterocycles. The average Bonchev–Trinajstić information content (AvgIpc) is 2.66. The number of pyridine rings is 1. The van der Waals surface area contributed by atoms with Gasteiger partial charge in [0, 0.05) is 44.8 Å². The maximum Gasteiger partial charge on any atom is 0.227 e. The van der Waals surface area contributed by atoms with E-state index >= 15 is 0 Å². The summed E-state index contributed by atoms with van der Waals surface area (Å²) in [4.78, 5) is 23.5. The normalized spacial score (nSPS) is 18.0. The van der Waals surface area contributed by atoms with Crippen molar-refractivity contribution in [3.63, 3.8) is 0 Å². The first-order chi connectivity index (χ1) is 14.0. The highest BCUT2D eigenvalue weighted by atomic mass is 16.5. The number of rotatable bonds is 9. The molecule has 2 heterocycles. The van der Waals surface area contributed by atoms with Crippen molar-refractivity contribution in [1.82, 2.24) is 20.5 Å². The van der Waals surface area contributed by atoms with Crippen molar-refractivity contribution >= 4 is 17.7 Å². The number of carbonyl (C=O) groups is 1. The zero-order chi connectivity index (χ0) is 21.1. The van der Waals surface area contributed by atoms with Crippen LogP contribution in [0.3, 0.4) is 0 Å². The molecule has 1 aromatic rings. The van der Waals surface area contributed by atoms with Gasteiger partial charge in [0.05, 0.1) is 19.3 Å². The smallest absolute Gasteiger partial charge is 0.227 e. The van der Waals surface area contributed by atoms with E-state index in [1.54, 1.807) is 6.07 Å². The van der Waals surface area contributed by atoms with E-state index in [-0.39, 0.29) is 12.0 Å². The lowest BCUT2D eigenvalue weighted by molar-refractivity contribution is -0.116. The van der Waals surface area contributed by atoms with Gasteiger partial charge in [-0.05, 0) is 31.9 Å². The van der Waals surface area contributed by atoms with Crippen LogP contribution in [-0.4, -0.2) is 73.7 Å². The number of anilines is 1. The zero-order valence-electron chi connectivity index (χ0n) is 18.2. The molecule has 0 saturated carbocycles. The van der Waals surface area contributed by atoms with E-state index in [1.165, 1.54) is 0 Å². The molecular weight excluding hydrogens is 368 g/mol. The third-order valence-electron chi connectivity index (χ3n) is 4.44. The van der Waals surface area contributed by atoms with E-state index in [2.05, 4.69) is 44.7 Å². The van der Waals surface area contributed by atoms with E-state index in [0.717, 1.165) is 38.5 Å². The molecule has 0 spiro atoms. The highest BCUT2D eigenvalue weighted by molar-refractivity contribution is 5.90. The number of hydrogen-bond acceptors (Lipinski definition) is 5. The van der Waals surface area contributed by atoms with Crippen LogP contribution in [0.5, 0.6) is 0 Å². The minimum Gasteiger partial charge on any atom is -0.374 e. The summed E-state index contributed by atoms with van der Waals surface area (Å²) in [6, 6.07) is 5.56. The summed E-state index contributed by atoms with van der Waals surface area (Å²) in [6.45, 7) is 14.0. The van der Waals surface area contributed by atoms with Crippen LogP contribution in [0.4, 0.5) is 5.82 Å². The fourth-order valence-electron chi connectivity index (χ4n) is 3.22. The minimum absolute atomic E-state index is 0.0774. The number of hydrogen-bond donors (Lipinski definition) is 3. The number of carbonyl (C=O) groups excluding carboxylic acids is 1. The summed E-state index contributed by atoms with van der Waals surface area (Å²) < 4.78 is 5.86. The number of morpholine rings is 1. The summed E-state index contributed by atoms with van der Waals surface area (Å²) in [5.74, 6) is 1.86. The van der Waals surface area contributed by atoms with Gasteiger partial charge in [-0.1, -0.05) is 19.9 Å². The van der Waals surface area contributed by atoms with E-state index in [4.69, 9.17) is 4.74 Å². The quantitative estimate of drug-likeness (QED) is 0.428. The predicted octanol–water partition coefficient (Wildman–Crippen LogP) is 1.63. The molecule has 1 atom stereocenters. The molecule has 1 unspecified atom stereocenters. The molecule has 3 N–H and O–H groups in total. The highest BCUT2D eigenvalue weighted by Crippen LogP contribution is 2.08. The van der Waals surface area contributed by atoms with Crippen molar-refractivity contribution < 1.29 is 9.53 Å². The molecule has 0 radical (unpaired) electrons. The highest BCUT2D eigenvalue weighted by Gasteiger charge is 2.20. The topological polar surface area (TPSA) is 90.9 Å². The van der Waals surface area contributed by atoms with E-state index in [9.17, 15) is 4.79 Å². The lowest BCUT2D eigenvalue weighted by Gasteiger charge is -2.33. The molecule has 162 valence electrons. The molecule has 8 nitrogen and oxygen atoms in total. The Balaban J connectivity index is 1.76. The van der Waals surface area contributed by atoms with Crippen LogP contribution in [0.1, 0.15) is 32.9 Å². The van der Waals surface area contributed by atoms with Gasteiger partial charge in [0.2, 0.25) is 5.91 Å². The number of amides is 1. The second-order valence-electron chi connectivity index (χ2n) is 7.76. The van der Waals surface area contributed by atoms with Crippen molar-refractivity contribution in [3.05, 3.63) is 23.9 Å². The van der Waals surface area contributed by atoms with Crippen molar-refractivity contribution in [2.45, 2.75) is 40.2 Å². The van der Waals surface area contributed by atoms with Gasteiger partial charge in [-0.25, -0.2) is 4.98 Å². The van der Waals surface area contributed by atoms with E-state index in [1.807, 2.05) is 26.0 Å². The van der Waals surface area contributed by atoms with Gasteiger partial charge in [0.1, 0.15) is 5.82 Å². The third kappa shape index (κ3) is 9.23. The SMILES string of the molecule is CCNC(=NCC1CN(CC(C)C)CCO1)NCCC(=O)Nc1cccc(C)n1. The molecule has 0 aliphatic carbocycles. The average molecular weight is 405 g/mol. The van der Waals surface area contributed by atoms with Gasteiger partial charge >= 0.3 is 0 Å². The molecule has 1 saturated heterocycles. The van der Waals surface area contributed by atoms with Gasteiger partial charge in [-0.3, -0.25) is 14.7 Å². The Morgan fingerprint density at radius 1 is 1.38 bits per heavy atom. The summed E-state index contributed by atoms with van der Waals surface area (Å²) in [5, 5.41) is 9.26. The van der Waals surface area contributed by atoms with Crippen LogP contribution in [0, 0.1) is 12.8 Å². The Morgan fingerprint density at radius 3 is 2.93 bits per heavy atom. The first-order valence-corrected chi connectivity index (χ1v) is 10.6. The summed E-state index contributed by atoms with van der Waals surface area (Å²) in [5.41, 5.74) is 0.874. The molecule has 1 fully saturated rings. The third-order valence-corrected chi connectivity index (χ3v) is 4.44. The van der Waals surface area contributed by atoms with Crippen molar-refractivity contribution in [1.29, 1.82) is 0 Å². The fourth-order valence-corrected chi connectivity index (χ4v) is 3.22. The predicted molar refractivity (Wildman–Crippen MR) is 117 cm³/mol. The van der Waals surface area contributed by atoms with Gasteiger partial charge in [-0.15, -0.1) is 0 Å². The first kappa shape index (κ1) is 23.1. The van der Waals surface area contributed by atoms with Crippen LogP contribution in [0.15, 0.2) is 23.2 Å². The summed E-state index contributed by atoms with van der Waals surface area (Å²) >= 11 is 0. The Hall–Kier alpha value is -2.19.